The van der Waals surface area contributed by atoms with E-state index in [2.05, 4.69) is 0 Å². The maximum absolute atomic E-state index is 12.5. The van der Waals surface area contributed by atoms with Gasteiger partial charge in [0.25, 0.3) is 0 Å². The van der Waals surface area contributed by atoms with Gasteiger partial charge in [-0.15, -0.1) is 0 Å². The summed E-state index contributed by atoms with van der Waals surface area (Å²) in [7, 11) is 5.06. The van der Waals surface area contributed by atoms with Crippen LogP contribution in [0.15, 0.2) is 48.7 Å². The van der Waals surface area contributed by atoms with E-state index in [9.17, 15) is 4.79 Å². The van der Waals surface area contributed by atoms with Crippen LogP contribution in [0.4, 0.5) is 5.69 Å². The van der Waals surface area contributed by atoms with E-state index >= 15 is 0 Å². The molecule has 3 rings (SSSR count). The molecule has 0 bridgehead atoms. The van der Waals surface area contributed by atoms with Crippen molar-refractivity contribution in [3.63, 3.8) is 0 Å². The molecule has 1 aromatic heterocycles. The molecule has 0 amide bonds. The highest BCUT2D eigenvalue weighted by Gasteiger charge is 2.09. The Morgan fingerprint density at radius 3 is 2.64 bits per heavy atom. The lowest BCUT2D eigenvalue weighted by Gasteiger charge is -2.11. The minimum absolute atomic E-state index is 0.0703. The lowest BCUT2D eigenvalue weighted by molar-refractivity contribution is 0.104. The van der Waals surface area contributed by atoms with E-state index < -0.39 is 0 Å². The number of benzene rings is 2. The van der Waals surface area contributed by atoms with Crippen molar-refractivity contribution >= 4 is 28.4 Å². The van der Waals surface area contributed by atoms with Gasteiger partial charge in [-0.05, 0) is 48.0 Å². The highest BCUT2D eigenvalue weighted by Crippen LogP contribution is 2.34. The fourth-order valence-corrected chi connectivity index (χ4v) is 2.82. The van der Waals surface area contributed by atoms with E-state index in [0.29, 0.717) is 22.7 Å². The van der Waals surface area contributed by atoms with Crippen LogP contribution in [0, 0.1) is 0 Å². The van der Waals surface area contributed by atoms with Gasteiger partial charge < -0.3 is 19.8 Å². The molecular formula is C20H20N2O3. The Hall–Kier alpha value is -3.21. The number of carbonyl (C=O) groups excluding carboxylic acids is 1. The van der Waals surface area contributed by atoms with Crippen LogP contribution in [0.5, 0.6) is 11.5 Å². The van der Waals surface area contributed by atoms with Gasteiger partial charge in [0.1, 0.15) is 0 Å². The van der Waals surface area contributed by atoms with Crippen LogP contribution in [0.25, 0.3) is 17.0 Å². The van der Waals surface area contributed by atoms with Crippen LogP contribution in [0.2, 0.25) is 0 Å². The molecule has 5 heteroatoms. The summed E-state index contributed by atoms with van der Waals surface area (Å²) in [6.07, 6.45) is 5.22. The summed E-state index contributed by atoms with van der Waals surface area (Å²) >= 11 is 0. The van der Waals surface area contributed by atoms with Crippen LogP contribution in [-0.4, -0.2) is 24.6 Å². The summed E-state index contributed by atoms with van der Waals surface area (Å²) in [4.78, 5) is 12.5. The van der Waals surface area contributed by atoms with Crippen molar-refractivity contribution < 1.29 is 14.3 Å². The normalized spacial score (nSPS) is 11.2. The number of hydrogen-bond donors (Lipinski definition) is 1. The van der Waals surface area contributed by atoms with Crippen molar-refractivity contribution in [3.8, 4) is 11.5 Å². The third kappa shape index (κ3) is 3.21. The van der Waals surface area contributed by atoms with E-state index in [4.69, 9.17) is 15.2 Å². The predicted octanol–water partition coefficient (Wildman–Crippen LogP) is 3.67. The zero-order valence-electron chi connectivity index (χ0n) is 14.4. The highest BCUT2D eigenvalue weighted by molar-refractivity contribution is 6.08. The fraction of sp³-hybridized carbons (Fsp3) is 0.150. The van der Waals surface area contributed by atoms with E-state index in [1.165, 1.54) is 13.2 Å². The zero-order chi connectivity index (χ0) is 18.0. The molecular weight excluding hydrogens is 316 g/mol. The molecule has 5 nitrogen and oxygen atoms in total. The van der Waals surface area contributed by atoms with Crippen molar-refractivity contribution in [2.24, 2.45) is 7.05 Å². The number of aromatic nitrogens is 1. The number of ether oxygens (including phenoxy) is 2. The van der Waals surface area contributed by atoms with Crippen LogP contribution in [0.1, 0.15) is 15.9 Å². The number of allylic oxidation sites excluding steroid dienone is 1. The summed E-state index contributed by atoms with van der Waals surface area (Å²) in [5.41, 5.74) is 8.92. The van der Waals surface area contributed by atoms with Gasteiger partial charge in [0.05, 0.1) is 19.9 Å². The van der Waals surface area contributed by atoms with Gasteiger partial charge in [-0.25, -0.2) is 0 Å². The summed E-state index contributed by atoms with van der Waals surface area (Å²) in [6.45, 7) is 0. The van der Waals surface area contributed by atoms with Crippen molar-refractivity contribution in [2.75, 3.05) is 20.0 Å². The maximum Gasteiger partial charge on any atom is 0.185 e. The third-order valence-corrected chi connectivity index (χ3v) is 4.13. The number of nitrogens with zero attached hydrogens (tertiary/aromatic N) is 1. The van der Waals surface area contributed by atoms with Crippen LogP contribution >= 0.6 is 0 Å². The van der Waals surface area contributed by atoms with E-state index in [-0.39, 0.29) is 5.78 Å². The first kappa shape index (κ1) is 16.6. The summed E-state index contributed by atoms with van der Waals surface area (Å²) in [6, 6.07) is 11.2. The average Bonchev–Trinajstić information content (AvgIpc) is 2.99. The Morgan fingerprint density at radius 1 is 1.12 bits per heavy atom. The van der Waals surface area contributed by atoms with Crippen LogP contribution < -0.4 is 15.2 Å². The Labute approximate surface area is 146 Å². The van der Waals surface area contributed by atoms with E-state index in [1.807, 2.05) is 42.1 Å². The molecule has 0 atom stereocenters. The summed E-state index contributed by atoms with van der Waals surface area (Å²) in [5, 5.41) is 1.04. The molecule has 0 aliphatic rings. The first-order valence-electron chi connectivity index (χ1n) is 7.82. The second-order valence-corrected chi connectivity index (χ2v) is 5.74. The van der Waals surface area contributed by atoms with Gasteiger partial charge in [-0.1, -0.05) is 6.08 Å². The largest absolute Gasteiger partial charge is 0.493 e. The molecule has 0 aliphatic heterocycles. The molecule has 3 aromatic rings. The third-order valence-electron chi connectivity index (χ3n) is 4.13. The van der Waals surface area contributed by atoms with Crippen molar-refractivity contribution in [1.29, 1.82) is 0 Å². The van der Waals surface area contributed by atoms with E-state index in [1.54, 1.807) is 25.3 Å². The van der Waals surface area contributed by atoms with Crippen LogP contribution in [0.3, 0.4) is 0 Å². The number of nitrogens with two attached hydrogens (primary N) is 1. The first-order valence-corrected chi connectivity index (χ1v) is 7.82. The molecule has 1 heterocycles. The summed E-state index contributed by atoms with van der Waals surface area (Å²) < 4.78 is 12.5. The van der Waals surface area contributed by atoms with Gasteiger partial charge in [0.15, 0.2) is 17.3 Å². The number of rotatable bonds is 5. The Bertz CT molecular complexity index is 970. The standard InChI is InChI=1S/C20H20N2O3/c1-22-9-8-14-12-15(5-6-17(14)22)18(23)7-4-13-10-16(21)20(25-3)19(11-13)24-2/h4-12H,21H2,1-3H3/b7-4+. The lowest BCUT2D eigenvalue weighted by atomic mass is 10.1. The summed E-state index contributed by atoms with van der Waals surface area (Å²) in [5.74, 6) is 0.944. The molecule has 0 saturated heterocycles. The Balaban J connectivity index is 1.87. The highest BCUT2D eigenvalue weighted by atomic mass is 16.5. The second-order valence-electron chi connectivity index (χ2n) is 5.74. The molecule has 2 aromatic carbocycles. The second kappa shape index (κ2) is 6.73. The monoisotopic (exact) mass is 336 g/mol. The lowest BCUT2D eigenvalue weighted by Crippen LogP contribution is -1.97. The molecule has 0 aliphatic carbocycles. The number of fused-ring (bicyclic) bond motifs is 1. The molecule has 0 spiro atoms. The number of anilines is 1. The van der Waals surface area contributed by atoms with Crippen molar-refractivity contribution in [3.05, 3.63) is 59.8 Å². The quantitative estimate of drug-likeness (QED) is 0.438. The molecule has 0 radical (unpaired) electrons. The maximum atomic E-state index is 12.5. The molecule has 128 valence electrons. The van der Waals surface area contributed by atoms with Crippen molar-refractivity contribution in [2.45, 2.75) is 0 Å². The number of nitrogen functional groups attached to an aromatic ring is 1. The molecule has 0 fully saturated rings. The zero-order valence-corrected chi connectivity index (χ0v) is 14.4. The minimum atomic E-state index is -0.0703. The Kier molecular flexibility index (Phi) is 4.48. The van der Waals surface area contributed by atoms with Crippen molar-refractivity contribution in [1.82, 2.24) is 4.57 Å². The number of ketones is 1. The number of carbonyl (C=O) groups is 1. The molecule has 25 heavy (non-hydrogen) atoms. The van der Waals surface area contributed by atoms with Gasteiger partial charge in [0.2, 0.25) is 0 Å². The molecule has 0 saturated carbocycles. The number of methoxy groups -OCH3 is 2. The van der Waals surface area contributed by atoms with Gasteiger partial charge in [-0.3, -0.25) is 4.79 Å². The van der Waals surface area contributed by atoms with E-state index in [0.717, 1.165) is 16.5 Å². The molecule has 2 N–H and O–H groups in total. The average molecular weight is 336 g/mol. The SMILES string of the molecule is COc1cc(/C=C/C(=O)c2ccc3c(ccn3C)c2)cc(N)c1OC. The fourth-order valence-electron chi connectivity index (χ4n) is 2.82. The number of hydrogen-bond acceptors (Lipinski definition) is 4. The Morgan fingerprint density at radius 2 is 1.92 bits per heavy atom. The van der Waals surface area contributed by atoms with Gasteiger partial charge in [-0.2, -0.15) is 0 Å². The van der Waals surface area contributed by atoms with Gasteiger partial charge in [0, 0.05) is 29.7 Å². The smallest absolute Gasteiger partial charge is 0.185 e. The van der Waals surface area contributed by atoms with Crippen LogP contribution in [-0.2, 0) is 7.05 Å². The first-order chi connectivity index (χ1) is 12.0. The van der Waals surface area contributed by atoms with Gasteiger partial charge >= 0.3 is 0 Å². The topological polar surface area (TPSA) is 66.5 Å². The molecule has 0 unspecified atom stereocenters. The minimum Gasteiger partial charge on any atom is -0.493 e. The predicted molar refractivity (Wildman–Crippen MR) is 100 cm³/mol. The number of aryl methyl sites for hydroxylation is 1.